The van der Waals surface area contributed by atoms with E-state index in [9.17, 15) is 9.59 Å². The minimum atomic E-state index is -0.492. The van der Waals surface area contributed by atoms with Crippen LogP contribution in [-0.4, -0.2) is 23.9 Å². The van der Waals surface area contributed by atoms with Gasteiger partial charge in [-0.3, -0.25) is 4.79 Å². The highest BCUT2D eigenvalue weighted by molar-refractivity contribution is 5.92. The minimum Gasteiger partial charge on any atom is -0.459 e. The maximum atomic E-state index is 12.4. The molecule has 0 aliphatic heterocycles. The van der Waals surface area contributed by atoms with Crippen LogP contribution in [0.5, 0.6) is 0 Å². The van der Waals surface area contributed by atoms with Crippen molar-refractivity contribution in [2.75, 3.05) is 7.05 Å². The van der Waals surface area contributed by atoms with Gasteiger partial charge in [0.15, 0.2) is 0 Å². The van der Waals surface area contributed by atoms with Gasteiger partial charge in [-0.25, -0.2) is 4.79 Å². The third-order valence-corrected chi connectivity index (χ3v) is 4.41. The van der Waals surface area contributed by atoms with Gasteiger partial charge in [-0.15, -0.1) is 0 Å². The molecule has 1 aromatic heterocycles. The SMILES string of the molecule is CC(c1cc2ccccc2o1)N(C)C(=O)NCc1cccc(C(N)=O)c1. The van der Waals surface area contributed by atoms with E-state index < -0.39 is 5.91 Å². The van der Waals surface area contributed by atoms with Crippen LogP contribution in [0.3, 0.4) is 0 Å². The first-order valence-electron chi connectivity index (χ1n) is 8.33. The molecule has 2 aromatic carbocycles. The Balaban J connectivity index is 1.65. The van der Waals surface area contributed by atoms with Crippen molar-refractivity contribution >= 4 is 22.9 Å². The zero-order valence-electron chi connectivity index (χ0n) is 14.7. The molecule has 0 spiro atoms. The Morgan fingerprint density at radius 2 is 1.92 bits per heavy atom. The Morgan fingerprint density at radius 3 is 2.65 bits per heavy atom. The molecular formula is C20H21N3O3. The van der Waals surface area contributed by atoms with Gasteiger partial charge in [0, 0.05) is 24.5 Å². The summed E-state index contributed by atoms with van der Waals surface area (Å²) >= 11 is 0. The quantitative estimate of drug-likeness (QED) is 0.738. The molecule has 0 saturated heterocycles. The fraction of sp³-hybridized carbons (Fsp3) is 0.200. The number of para-hydroxylation sites is 1. The smallest absolute Gasteiger partial charge is 0.318 e. The van der Waals surface area contributed by atoms with Gasteiger partial charge < -0.3 is 20.4 Å². The summed E-state index contributed by atoms with van der Waals surface area (Å²) in [6.45, 7) is 2.21. The number of amides is 3. The highest BCUT2D eigenvalue weighted by atomic mass is 16.3. The van der Waals surface area contributed by atoms with E-state index >= 15 is 0 Å². The second kappa shape index (κ2) is 7.31. The zero-order chi connectivity index (χ0) is 18.7. The van der Waals surface area contributed by atoms with E-state index in [0.717, 1.165) is 22.3 Å². The van der Waals surface area contributed by atoms with Gasteiger partial charge in [-0.1, -0.05) is 30.3 Å². The predicted molar refractivity (Wildman–Crippen MR) is 99.6 cm³/mol. The summed E-state index contributed by atoms with van der Waals surface area (Å²) in [6, 6.07) is 16.1. The molecule has 3 aromatic rings. The number of benzene rings is 2. The number of furan rings is 1. The monoisotopic (exact) mass is 351 g/mol. The van der Waals surface area contributed by atoms with Gasteiger partial charge in [0.2, 0.25) is 5.91 Å². The Bertz CT molecular complexity index is 915. The molecule has 0 bridgehead atoms. The summed E-state index contributed by atoms with van der Waals surface area (Å²) in [5, 5.41) is 3.85. The number of primary amides is 1. The molecule has 6 heteroatoms. The van der Waals surface area contributed by atoms with E-state index in [1.165, 1.54) is 0 Å². The van der Waals surface area contributed by atoms with Crippen LogP contribution >= 0.6 is 0 Å². The second-order valence-corrected chi connectivity index (χ2v) is 6.20. The number of nitrogens with zero attached hydrogens (tertiary/aromatic N) is 1. The number of urea groups is 1. The average molecular weight is 351 g/mol. The highest BCUT2D eigenvalue weighted by Gasteiger charge is 2.20. The van der Waals surface area contributed by atoms with Gasteiger partial charge in [0.05, 0.1) is 6.04 Å². The first-order valence-corrected chi connectivity index (χ1v) is 8.33. The fourth-order valence-corrected chi connectivity index (χ4v) is 2.71. The third-order valence-electron chi connectivity index (χ3n) is 4.41. The van der Waals surface area contributed by atoms with E-state index in [4.69, 9.17) is 10.2 Å². The maximum absolute atomic E-state index is 12.4. The number of rotatable bonds is 5. The molecule has 0 radical (unpaired) electrons. The number of nitrogens with two attached hydrogens (primary N) is 1. The van der Waals surface area contributed by atoms with Crippen LogP contribution in [0.4, 0.5) is 4.79 Å². The molecule has 0 saturated carbocycles. The van der Waals surface area contributed by atoms with Gasteiger partial charge in [0.1, 0.15) is 11.3 Å². The molecule has 3 N–H and O–H groups in total. The van der Waals surface area contributed by atoms with E-state index in [1.807, 2.05) is 43.3 Å². The molecule has 1 unspecified atom stereocenters. The van der Waals surface area contributed by atoms with Crippen LogP contribution < -0.4 is 11.1 Å². The van der Waals surface area contributed by atoms with Crippen LogP contribution in [0.15, 0.2) is 59.0 Å². The lowest BCUT2D eigenvalue weighted by Crippen LogP contribution is -2.38. The fourth-order valence-electron chi connectivity index (χ4n) is 2.71. The molecule has 1 atom stereocenters. The van der Waals surface area contributed by atoms with E-state index in [2.05, 4.69) is 5.32 Å². The Kier molecular flexibility index (Phi) is 4.93. The number of carbonyl (C=O) groups is 2. The number of hydrogen-bond donors (Lipinski definition) is 2. The van der Waals surface area contributed by atoms with Crippen LogP contribution in [0.25, 0.3) is 11.0 Å². The molecular weight excluding hydrogens is 330 g/mol. The Labute approximate surface area is 151 Å². The van der Waals surface area contributed by atoms with Crippen LogP contribution in [0.1, 0.15) is 34.6 Å². The molecule has 3 rings (SSSR count). The summed E-state index contributed by atoms with van der Waals surface area (Å²) < 4.78 is 5.83. The van der Waals surface area contributed by atoms with Gasteiger partial charge >= 0.3 is 6.03 Å². The molecule has 0 aliphatic carbocycles. The van der Waals surface area contributed by atoms with E-state index in [-0.39, 0.29) is 12.1 Å². The summed E-state index contributed by atoms with van der Waals surface area (Å²) in [5.41, 5.74) is 7.30. The minimum absolute atomic E-state index is 0.223. The van der Waals surface area contributed by atoms with Gasteiger partial charge in [-0.2, -0.15) is 0 Å². The van der Waals surface area contributed by atoms with E-state index in [1.54, 1.807) is 30.1 Å². The Hall–Kier alpha value is -3.28. The molecule has 3 amide bonds. The normalized spacial score (nSPS) is 11.9. The van der Waals surface area contributed by atoms with Crippen molar-refractivity contribution in [3.05, 3.63) is 71.5 Å². The van der Waals surface area contributed by atoms with Crippen molar-refractivity contribution in [2.45, 2.75) is 19.5 Å². The Morgan fingerprint density at radius 1 is 1.15 bits per heavy atom. The maximum Gasteiger partial charge on any atom is 0.318 e. The third kappa shape index (κ3) is 3.69. The average Bonchev–Trinajstić information content (AvgIpc) is 3.09. The lowest BCUT2D eigenvalue weighted by molar-refractivity contribution is 0.1000. The summed E-state index contributed by atoms with van der Waals surface area (Å²) in [4.78, 5) is 25.3. The number of fused-ring (bicyclic) bond motifs is 1. The van der Waals surface area contributed by atoms with Gasteiger partial charge in [0.25, 0.3) is 0 Å². The van der Waals surface area contributed by atoms with Crippen LogP contribution in [-0.2, 0) is 6.54 Å². The van der Waals surface area contributed by atoms with Crippen molar-refractivity contribution in [1.82, 2.24) is 10.2 Å². The number of carbonyl (C=O) groups excluding carboxylic acids is 2. The van der Waals surface area contributed by atoms with Crippen molar-refractivity contribution < 1.29 is 14.0 Å². The predicted octanol–water partition coefficient (Wildman–Crippen LogP) is 3.43. The van der Waals surface area contributed by atoms with Crippen molar-refractivity contribution in [3.63, 3.8) is 0 Å². The first kappa shape index (κ1) is 17.5. The summed E-state index contributed by atoms with van der Waals surface area (Å²) in [6.07, 6.45) is 0. The van der Waals surface area contributed by atoms with Gasteiger partial charge in [-0.05, 0) is 36.8 Å². The van der Waals surface area contributed by atoms with E-state index in [0.29, 0.717) is 12.1 Å². The molecule has 0 aliphatic rings. The molecule has 0 fully saturated rings. The highest BCUT2D eigenvalue weighted by Crippen LogP contribution is 2.26. The molecule has 6 nitrogen and oxygen atoms in total. The standard InChI is InChI=1S/C20H21N3O3/c1-13(18-11-15-7-3-4-9-17(15)26-18)23(2)20(25)22-12-14-6-5-8-16(10-14)19(21)24/h3-11,13H,12H2,1-2H3,(H2,21,24)(H,22,25). The topological polar surface area (TPSA) is 88.6 Å². The van der Waals surface area contributed by atoms with Crippen molar-refractivity contribution in [3.8, 4) is 0 Å². The molecule has 134 valence electrons. The molecule has 1 heterocycles. The number of nitrogens with one attached hydrogen (secondary N) is 1. The lowest BCUT2D eigenvalue weighted by atomic mass is 10.1. The summed E-state index contributed by atoms with van der Waals surface area (Å²) in [7, 11) is 1.72. The first-order chi connectivity index (χ1) is 12.5. The van der Waals surface area contributed by atoms with Crippen LogP contribution in [0, 0.1) is 0 Å². The van der Waals surface area contributed by atoms with Crippen molar-refractivity contribution in [1.29, 1.82) is 0 Å². The summed E-state index contributed by atoms with van der Waals surface area (Å²) in [5.74, 6) is 0.230. The lowest BCUT2D eigenvalue weighted by Gasteiger charge is -2.23. The largest absolute Gasteiger partial charge is 0.459 e. The number of hydrogen-bond acceptors (Lipinski definition) is 3. The zero-order valence-corrected chi connectivity index (χ0v) is 14.7. The second-order valence-electron chi connectivity index (χ2n) is 6.20. The van der Waals surface area contributed by atoms with Crippen molar-refractivity contribution in [2.24, 2.45) is 5.73 Å². The molecule has 26 heavy (non-hydrogen) atoms. The van der Waals surface area contributed by atoms with Crippen LogP contribution in [0.2, 0.25) is 0 Å².